The second-order valence-electron chi connectivity index (χ2n) is 8.24. The molecule has 0 bridgehead atoms. The van der Waals surface area contributed by atoms with E-state index < -0.39 is 4.92 Å². The summed E-state index contributed by atoms with van der Waals surface area (Å²) in [6.45, 7) is 6.24. The molecular weight excluding hydrogens is 432 g/mol. The first-order valence-electron chi connectivity index (χ1n) is 10.9. The van der Waals surface area contributed by atoms with Gasteiger partial charge in [0.1, 0.15) is 12.4 Å². The van der Waals surface area contributed by atoms with Crippen molar-refractivity contribution in [1.82, 2.24) is 9.66 Å². The number of nitro groups is 1. The third kappa shape index (κ3) is 4.85. The molecule has 1 heterocycles. The van der Waals surface area contributed by atoms with Gasteiger partial charge in [0.2, 0.25) is 0 Å². The van der Waals surface area contributed by atoms with E-state index in [2.05, 4.69) is 30.0 Å². The number of nitro benzene ring substituents is 1. The minimum Gasteiger partial charge on any atom is -0.485 e. The van der Waals surface area contributed by atoms with Crippen molar-refractivity contribution < 1.29 is 9.66 Å². The summed E-state index contributed by atoms with van der Waals surface area (Å²) in [7, 11) is 0. The van der Waals surface area contributed by atoms with Gasteiger partial charge >= 0.3 is 0 Å². The van der Waals surface area contributed by atoms with Crippen LogP contribution in [0.3, 0.4) is 0 Å². The van der Waals surface area contributed by atoms with Gasteiger partial charge in [-0.1, -0.05) is 55.8 Å². The van der Waals surface area contributed by atoms with Crippen LogP contribution in [0.4, 0.5) is 5.69 Å². The van der Waals surface area contributed by atoms with Gasteiger partial charge in [-0.3, -0.25) is 14.9 Å². The summed E-state index contributed by atoms with van der Waals surface area (Å²) in [5.74, 6) is 1.30. The van der Waals surface area contributed by atoms with Crippen LogP contribution in [-0.2, 0) is 6.61 Å². The van der Waals surface area contributed by atoms with E-state index in [0.29, 0.717) is 22.3 Å². The lowest BCUT2D eigenvalue weighted by Gasteiger charge is -2.16. The summed E-state index contributed by atoms with van der Waals surface area (Å²) in [4.78, 5) is 28.4. The number of benzene rings is 3. The van der Waals surface area contributed by atoms with Crippen LogP contribution in [0.5, 0.6) is 5.75 Å². The Kier molecular flexibility index (Phi) is 6.49. The standard InChI is InChI=1S/C26H24N4O4/c1-17(2)22-13-18(3)11-12-24(22)34-16-25-28-23-10-5-4-9-21(23)26(31)29(25)27-15-19-7-6-8-20(14-19)30(32)33/h4-15,17H,16H2,1-3H3/b27-15-. The molecule has 0 atom stereocenters. The van der Waals surface area contributed by atoms with Crippen LogP contribution in [0.25, 0.3) is 10.9 Å². The normalized spacial score (nSPS) is 11.4. The van der Waals surface area contributed by atoms with Crippen molar-refractivity contribution in [2.24, 2.45) is 5.10 Å². The number of aromatic nitrogens is 2. The summed E-state index contributed by atoms with van der Waals surface area (Å²) in [5.41, 5.74) is 2.83. The Bertz CT molecular complexity index is 1460. The van der Waals surface area contributed by atoms with Crippen LogP contribution >= 0.6 is 0 Å². The molecule has 0 fully saturated rings. The fourth-order valence-corrected chi connectivity index (χ4v) is 3.62. The first kappa shape index (κ1) is 22.8. The zero-order valence-electron chi connectivity index (χ0n) is 19.1. The SMILES string of the molecule is Cc1ccc(OCc2nc3ccccc3c(=O)n2/N=C\c2cccc([N+](=O)[O-])c2)c(C(C)C)c1. The van der Waals surface area contributed by atoms with Crippen LogP contribution in [0.15, 0.2) is 76.6 Å². The van der Waals surface area contributed by atoms with Crippen molar-refractivity contribution in [2.75, 3.05) is 0 Å². The Morgan fingerprint density at radius 1 is 1.12 bits per heavy atom. The van der Waals surface area contributed by atoms with Crippen molar-refractivity contribution in [1.29, 1.82) is 0 Å². The fourth-order valence-electron chi connectivity index (χ4n) is 3.62. The number of ether oxygens (including phenoxy) is 1. The fraction of sp³-hybridized carbons (Fsp3) is 0.192. The Morgan fingerprint density at radius 2 is 1.91 bits per heavy atom. The molecule has 0 aliphatic heterocycles. The van der Waals surface area contributed by atoms with Crippen LogP contribution < -0.4 is 10.3 Å². The van der Waals surface area contributed by atoms with Gasteiger partial charge in [-0.2, -0.15) is 9.78 Å². The Hall–Kier alpha value is -4.33. The molecule has 1 aromatic heterocycles. The summed E-state index contributed by atoms with van der Waals surface area (Å²) in [6, 6.07) is 19.0. The molecule has 0 spiro atoms. The number of hydrogen-bond donors (Lipinski definition) is 0. The summed E-state index contributed by atoms with van der Waals surface area (Å²) >= 11 is 0. The largest absolute Gasteiger partial charge is 0.485 e. The summed E-state index contributed by atoms with van der Waals surface area (Å²) < 4.78 is 7.29. The molecule has 0 aliphatic rings. The number of nitrogens with zero attached hydrogens (tertiary/aromatic N) is 4. The van der Waals surface area contributed by atoms with Gasteiger partial charge in [0.05, 0.1) is 22.0 Å². The quantitative estimate of drug-likeness (QED) is 0.216. The highest BCUT2D eigenvalue weighted by Crippen LogP contribution is 2.28. The van der Waals surface area contributed by atoms with E-state index in [1.54, 1.807) is 30.3 Å². The second-order valence-corrected chi connectivity index (χ2v) is 8.24. The number of fused-ring (bicyclic) bond motifs is 1. The molecule has 8 heteroatoms. The van der Waals surface area contributed by atoms with E-state index in [4.69, 9.17) is 4.74 Å². The number of aryl methyl sites for hydroxylation is 1. The van der Waals surface area contributed by atoms with Gasteiger partial charge in [-0.05, 0) is 36.6 Å². The monoisotopic (exact) mass is 456 g/mol. The Labute approximate surface area is 196 Å². The first-order valence-corrected chi connectivity index (χ1v) is 10.9. The zero-order valence-corrected chi connectivity index (χ0v) is 19.1. The van der Waals surface area contributed by atoms with Crippen molar-refractivity contribution in [2.45, 2.75) is 33.3 Å². The molecule has 0 saturated heterocycles. The molecule has 0 radical (unpaired) electrons. The highest BCUT2D eigenvalue weighted by atomic mass is 16.6. The zero-order chi connectivity index (χ0) is 24.2. The van der Waals surface area contributed by atoms with E-state index in [1.807, 2.05) is 25.1 Å². The molecule has 4 aromatic rings. The van der Waals surface area contributed by atoms with Gasteiger partial charge in [-0.15, -0.1) is 0 Å². The lowest BCUT2D eigenvalue weighted by Crippen LogP contribution is -2.23. The molecule has 3 aromatic carbocycles. The molecule has 0 saturated carbocycles. The van der Waals surface area contributed by atoms with E-state index >= 15 is 0 Å². The van der Waals surface area contributed by atoms with Crippen LogP contribution in [0, 0.1) is 17.0 Å². The van der Waals surface area contributed by atoms with Crippen molar-refractivity contribution in [3.8, 4) is 5.75 Å². The Balaban J connectivity index is 1.75. The van der Waals surface area contributed by atoms with E-state index in [1.165, 1.54) is 23.0 Å². The van der Waals surface area contributed by atoms with E-state index in [0.717, 1.165) is 16.9 Å². The smallest absolute Gasteiger partial charge is 0.282 e. The molecule has 0 unspecified atom stereocenters. The maximum atomic E-state index is 13.2. The molecule has 0 amide bonds. The lowest BCUT2D eigenvalue weighted by molar-refractivity contribution is -0.384. The van der Waals surface area contributed by atoms with E-state index in [-0.39, 0.29) is 23.8 Å². The number of para-hydroxylation sites is 1. The molecule has 0 aliphatic carbocycles. The van der Waals surface area contributed by atoms with Crippen molar-refractivity contribution >= 4 is 22.8 Å². The number of non-ortho nitro benzene ring substituents is 1. The number of hydrogen-bond acceptors (Lipinski definition) is 6. The third-order valence-electron chi connectivity index (χ3n) is 5.37. The minimum atomic E-state index is -0.478. The molecular formula is C26H24N4O4. The first-order chi connectivity index (χ1) is 16.3. The van der Waals surface area contributed by atoms with Crippen molar-refractivity contribution in [3.05, 3.63) is 110 Å². The average Bonchev–Trinajstić information content (AvgIpc) is 2.83. The molecule has 8 nitrogen and oxygen atoms in total. The van der Waals surface area contributed by atoms with E-state index in [9.17, 15) is 14.9 Å². The highest BCUT2D eigenvalue weighted by molar-refractivity contribution is 5.81. The second kappa shape index (κ2) is 9.66. The van der Waals surface area contributed by atoms with Gasteiger partial charge in [0.15, 0.2) is 5.82 Å². The predicted molar refractivity (Wildman–Crippen MR) is 132 cm³/mol. The molecule has 4 rings (SSSR count). The van der Waals surface area contributed by atoms with Gasteiger partial charge in [0.25, 0.3) is 11.2 Å². The highest BCUT2D eigenvalue weighted by Gasteiger charge is 2.14. The van der Waals surface area contributed by atoms with Gasteiger partial charge in [0, 0.05) is 17.7 Å². The number of rotatable bonds is 7. The van der Waals surface area contributed by atoms with Gasteiger partial charge < -0.3 is 4.74 Å². The maximum Gasteiger partial charge on any atom is 0.282 e. The predicted octanol–water partition coefficient (Wildman–Crippen LogP) is 5.20. The van der Waals surface area contributed by atoms with Crippen LogP contribution in [0.1, 0.15) is 42.3 Å². The van der Waals surface area contributed by atoms with Crippen molar-refractivity contribution in [3.63, 3.8) is 0 Å². The molecule has 172 valence electrons. The summed E-state index contributed by atoms with van der Waals surface area (Å²) in [6.07, 6.45) is 1.40. The topological polar surface area (TPSA) is 99.6 Å². The maximum absolute atomic E-state index is 13.2. The summed E-state index contributed by atoms with van der Waals surface area (Å²) in [5, 5.41) is 15.8. The molecule has 34 heavy (non-hydrogen) atoms. The van der Waals surface area contributed by atoms with Gasteiger partial charge in [-0.25, -0.2) is 4.98 Å². The Morgan fingerprint density at radius 3 is 2.68 bits per heavy atom. The van der Waals surface area contributed by atoms with Crippen LogP contribution in [0.2, 0.25) is 0 Å². The van der Waals surface area contributed by atoms with Crippen LogP contribution in [-0.4, -0.2) is 20.8 Å². The minimum absolute atomic E-state index is 0.0229. The third-order valence-corrected chi connectivity index (χ3v) is 5.37. The lowest BCUT2D eigenvalue weighted by atomic mass is 10.00. The average molecular weight is 457 g/mol. The molecule has 0 N–H and O–H groups in total.